The highest BCUT2D eigenvalue weighted by Crippen LogP contribution is 2.28. The summed E-state index contributed by atoms with van der Waals surface area (Å²) in [7, 11) is 0. The van der Waals surface area contributed by atoms with Crippen LogP contribution in [-0.4, -0.2) is 18.1 Å². The van der Waals surface area contributed by atoms with Crippen LogP contribution in [0.5, 0.6) is 0 Å². The van der Waals surface area contributed by atoms with Crippen molar-refractivity contribution in [2.45, 2.75) is 26.2 Å². The summed E-state index contributed by atoms with van der Waals surface area (Å²) >= 11 is 1.82. The third kappa shape index (κ3) is 2.73. The molecule has 0 atom stereocenters. The average molecular weight is 273 g/mol. The molecule has 0 bridgehead atoms. The van der Waals surface area contributed by atoms with Gasteiger partial charge < -0.3 is 10.6 Å². The molecule has 1 aliphatic heterocycles. The van der Waals surface area contributed by atoms with E-state index in [4.69, 9.17) is 5.73 Å². The van der Waals surface area contributed by atoms with Crippen LogP contribution in [0.25, 0.3) is 0 Å². The van der Waals surface area contributed by atoms with Gasteiger partial charge in [0.2, 0.25) is 0 Å². The molecule has 2 heterocycles. The summed E-state index contributed by atoms with van der Waals surface area (Å²) in [5.41, 5.74) is 9.23. The van der Waals surface area contributed by atoms with Crippen molar-refractivity contribution >= 4 is 22.2 Å². The first kappa shape index (κ1) is 12.5. The van der Waals surface area contributed by atoms with Gasteiger partial charge in [0.15, 0.2) is 5.13 Å². The molecule has 3 nitrogen and oxygen atoms in total. The lowest BCUT2D eigenvalue weighted by molar-refractivity contribution is 0.949. The number of rotatable bonds is 3. The molecule has 1 aromatic heterocycles. The van der Waals surface area contributed by atoms with E-state index in [1.54, 1.807) is 0 Å². The molecule has 0 radical (unpaired) electrons. The standard InChI is InChI=1S/C15H19N3S/c1-11-8-13(16)5-4-12(11)9-14-10-17-15(19-14)18-6-2-3-7-18/h4-5,8,10H,2-3,6-7,9,16H2,1H3. The SMILES string of the molecule is Cc1cc(N)ccc1Cc1cnc(N2CCCC2)s1. The molecule has 0 saturated carbocycles. The fourth-order valence-electron chi connectivity index (χ4n) is 2.54. The maximum atomic E-state index is 5.79. The van der Waals surface area contributed by atoms with Gasteiger partial charge in [-0.25, -0.2) is 4.98 Å². The Morgan fingerprint density at radius 2 is 2.11 bits per heavy atom. The lowest BCUT2D eigenvalue weighted by Gasteiger charge is -2.12. The maximum absolute atomic E-state index is 5.79. The topological polar surface area (TPSA) is 42.1 Å². The van der Waals surface area contributed by atoms with Crippen molar-refractivity contribution in [1.29, 1.82) is 0 Å². The molecule has 0 aliphatic carbocycles. The van der Waals surface area contributed by atoms with E-state index < -0.39 is 0 Å². The molecule has 2 aromatic rings. The molecule has 1 aliphatic rings. The molecule has 0 spiro atoms. The van der Waals surface area contributed by atoms with Crippen molar-refractivity contribution in [3.05, 3.63) is 40.4 Å². The number of hydrogen-bond donors (Lipinski definition) is 1. The molecule has 0 amide bonds. The van der Waals surface area contributed by atoms with Gasteiger partial charge in [0, 0.05) is 36.3 Å². The largest absolute Gasteiger partial charge is 0.399 e. The number of benzene rings is 1. The van der Waals surface area contributed by atoms with Crippen LogP contribution in [0.1, 0.15) is 28.8 Å². The van der Waals surface area contributed by atoms with Gasteiger partial charge in [-0.15, -0.1) is 11.3 Å². The van der Waals surface area contributed by atoms with Crippen LogP contribution in [0, 0.1) is 6.92 Å². The van der Waals surface area contributed by atoms with Gasteiger partial charge in [-0.2, -0.15) is 0 Å². The van der Waals surface area contributed by atoms with E-state index in [2.05, 4.69) is 22.9 Å². The van der Waals surface area contributed by atoms with Crippen molar-refractivity contribution in [2.75, 3.05) is 23.7 Å². The molecule has 0 unspecified atom stereocenters. The highest BCUT2D eigenvalue weighted by Gasteiger charge is 2.15. The van der Waals surface area contributed by atoms with E-state index in [1.807, 2.05) is 29.7 Å². The number of hydrogen-bond acceptors (Lipinski definition) is 4. The second-order valence-corrected chi connectivity index (χ2v) is 6.26. The van der Waals surface area contributed by atoms with Gasteiger partial charge >= 0.3 is 0 Å². The van der Waals surface area contributed by atoms with Crippen molar-refractivity contribution in [3.8, 4) is 0 Å². The van der Waals surface area contributed by atoms with Crippen molar-refractivity contribution < 1.29 is 0 Å². The van der Waals surface area contributed by atoms with Crippen LogP contribution in [0.2, 0.25) is 0 Å². The lowest BCUT2D eigenvalue weighted by Crippen LogP contribution is -2.16. The normalized spacial score (nSPS) is 15.1. The molecular formula is C15H19N3S. The van der Waals surface area contributed by atoms with Crippen LogP contribution in [0.15, 0.2) is 24.4 Å². The molecule has 19 heavy (non-hydrogen) atoms. The van der Waals surface area contributed by atoms with Gasteiger partial charge in [-0.1, -0.05) is 6.07 Å². The number of aryl methyl sites for hydroxylation is 1. The molecule has 4 heteroatoms. The smallest absolute Gasteiger partial charge is 0.185 e. The minimum atomic E-state index is 0.836. The average Bonchev–Trinajstić information content (AvgIpc) is 3.03. The van der Waals surface area contributed by atoms with Gasteiger partial charge in [0.05, 0.1) is 0 Å². The van der Waals surface area contributed by atoms with Crippen LogP contribution in [0.4, 0.5) is 10.8 Å². The van der Waals surface area contributed by atoms with E-state index in [0.717, 1.165) is 25.2 Å². The minimum absolute atomic E-state index is 0.836. The Bertz CT molecular complexity index is 571. The van der Waals surface area contributed by atoms with Gasteiger partial charge in [0.25, 0.3) is 0 Å². The highest BCUT2D eigenvalue weighted by atomic mass is 32.1. The second-order valence-electron chi connectivity index (χ2n) is 5.17. The number of nitrogens with two attached hydrogens (primary N) is 1. The zero-order valence-corrected chi connectivity index (χ0v) is 12.0. The van der Waals surface area contributed by atoms with Crippen molar-refractivity contribution in [1.82, 2.24) is 4.98 Å². The first-order valence-corrected chi connectivity index (χ1v) is 7.59. The molecule has 3 rings (SSSR count). The Morgan fingerprint density at radius 3 is 2.84 bits per heavy atom. The summed E-state index contributed by atoms with van der Waals surface area (Å²) in [6.07, 6.45) is 5.57. The quantitative estimate of drug-likeness (QED) is 0.873. The zero-order valence-electron chi connectivity index (χ0n) is 11.2. The van der Waals surface area contributed by atoms with Crippen LogP contribution in [0.3, 0.4) is 0 Å². The molecule has 2 N–H and O–H groups in total. The zero-order chi connectivity index (χ0) is 13.2. The number of thiazole rings is 1. The fourth-order valence-corrected chi connectivity index (χ4v) is 3.52. The summed E-state index contributed by atoms with van der Waals surface area (Å²) in [6, 6.07) is 6.14. The number of nitrogens with zero attached hydrogens (tertiary/aromatic N) is 2. The summed E-state index contributed by atoms with van der Waals surface area (Å²) < 4.78 is 0. The fraction of sp³-hybridized carbons (Fsp3) is 0.400. The predicted octanol–water partition coefficient (Wildman–Crippen LogP) is 3.22. The monoisotopic (exact) mass is 273 g/mol. The summed E-state index contributed by atoms with van der Waals surface area (Å²) in [5, 5.41) is 1.18. The van der Waals surface area contributed by atoms with E-state index in [9.17, 15) is 0 Å². The Labute approximate surface area is 118 Å². The molecule has 100 valence electrons. The van der Waals surface area contributed by atoms with Gasteiger partial charge in [-0.3, -0.25) is 0 Å². The third-order valence-electron chi connectivity index (χ3n) is 3.65. The van der Waals surface area contributed by atoms with Crippen LogP contribution < -0.4 is 10.6 Å². The second kappa shape index (κ2) is 5.21. The number of nitrogen functional groups attached to an aromatic ring is 1. The third-order valence-corrected chi connectivity index (χ3v) is 4.71. The lowest BCUT2D eigenvalue weighted by atomic mass is 10.0. The maximum Gasteiger partial charge on any atom is 0.185 e. The minimum Gasteiger partial charge on any atom is -0.399 e. The van der Waals surface area contributed by atoms with Gasteiger partial charge in [0.1, 0.15) is 0 Å². The Balaban J connectivity index is 1.76. The molecule has 1 saturated heterocycles. The summed E-state index contributed by atoms with van der Waals surface area (Å²) in [6.45, 7) is 4.44. The number of aromatic nitrogens is 1. The van der Waals surface area contributed by atoms with Crippen LogP contribution >= 0.6 is 11.3 Å². The molecule has 1 fully saturated rings. The Morgan fingerprint density at radius 1 is 1.32 bits per heavy atom. The summed E-state index contributed by atoms with van der Waals surface area (Å²) in [4.78, 5) is 8.28. The van der Waals surface area contributed by atoms with Gasteiger partial charge in [-0.05, 0) is 43.0 Å². The van der Waals surface area contributed by atoms with E-state index in [-0.39, 0.29) is 0 Å². The van der Waals surface area contributed by atoms with Crippen LogP contribution in [-0.2, 0) is 6.42 Å². The molecule has 1 aromatic carbocycles. The first-order chi connectivity index (χ1) is 9.22. The van der Waals surface area contributed by atoms with E-state index in [0.29, 0.717) is 0 Å². The summed E-state index contributed by atoms with van der Waals surface area (Å²) in [5.74, 6) is 0. The Hall–Kier alpha value is -1.55. The number of anilines is 2. The Kier molecular flexibility index (Phi) is 3.42. The van der Waals surface area contributed by atoms with Crippen molar-refractivity contribution in [3.63, 3.8) is 0 Å². The highest BCUT2D eigenvalue weighted by molar-refractivity contribution is 7.15. The first-order valence-electron chi connectivity index (χ1n) is 6.77. The predicted molar refractivity (Wildman–Crippen MR) is 82.0 cm³/mol. The van der Waals surface area contributed by atoms with E-state index in [1.165, 1.54) is 34.0 Å². The molecular weight excluding hydrogens is 254 g/mol. The van der Waals surface area contributed by atoms with E-state index >= 15 is 0 Å². The van der Waals surface area contributed by atoms with Crippen molar-refractivity contribution in [2.24, 2.45) is 0 Å².